The van der Waals surface area contributed by atoms with Gasteiger partial charge in [-0.25, -0.2) is 4.98 Å². The average molecular weight is 289 g/mol. The highest BCUT2D eigenvalue weighted by molar-refractivity contribution is 6.30. The van der Waals surface area contributed by atoms with Crippen molar-refractivity contribution in [1.82, 2.24) is 9.97 Å². The Hall–Kier alpha value is -1.88. The molecular weight excluding hydrogens is 276 g/mol. The van der Waals surface area contributed by atoms with E-state index in [1.165, 1.54) is 0 Å². The molecule has 1 aromatic heterocycles. The number of para-hydroxylation sites is 2. The number of hydrogen-bond donors (Lipinski definition) is 3. The minimum Gasteiger partial charge on any atom is -0.385 e. The Kier molecular flexibility index (Phi) is 3.44. The van der Waals surface area contributed by atoms with Crippen molar-refractivity contribution >= 4 is 22.6 Å². The van der Waals surface area contributed by atoms with E-state index in [-0.39, 0.29) is 0 Å². The van der Waals surface area contributed by atoms with Crippen molar-refractivity contribution in [2.45, 2.75) is 12.2 Å². The lowest BCUT2D eigenvalue weighted by Gasteiger charge is -2.16. The van der Waals surface area contributed by atoms with Crippen LogP contribution in [0.5, 0.6) is 0 Å². The Bertz CT molecular complexity index is 691. The molecule has 0 amide bonds. The summed E-state index contributed by atoms with van der Waals surface area (Å²) in [6.45, 7) is 0. The molecule has 5 heteroatoms. The summed E-state index contributed by atoms with van der Waals surface area (Å²) in [5.74, 6) is 0.341. The number of halogens is 1. The minimum absolute atomic E-state index is 0.341. The SMILES string of the molecule is O[C@H](c1ccc(Cl)cc1)[C@H](O)c1nc2ccccc2[nH]1. The lowest BCUT2D eigenvalue weighted by Crippen LogP contribution is -2.11. The van der Waals surface area contributed by atoms with Gasteiger partial charge in [0.15, 0.2) is 0 Å². The molecule has 0 radical (unpaired) electrons. The third kappa shape index (κ3) is 2.41. The summed E-state index contributed by atoms with van der Waals surface area (Å²) in [6, 6.07) is 14.2. The van der Waals surface area contributed by atoms with Gasteiger partial charge in [-0.3, -0.25) is 0 Å². The van der Waals surface area contributed by atoms with Gasteiger partial charge in [-0.1, -0.05) is 35.9 Å². The zero-order chi connectivity index (χ0) is 14.1. The summed E-state index contributed by atoms with van der Waals surface area (Å²) in [6.07, 6.45) is -2.18. The van der Waals surface area contributed by atoms with Crippen LogP contribution in [0.3, 0.4) is 0 Å². The Morgan fingerprint density at radius 2 is 1.65 bits per heavy atom. The topological polar surface area (TPSA) is 69.1 Å². The van der Waals surface area contributed by atoms with Gasteiger partial charge in [-0.05, 0) is 29.8 Å². The van der Waals surface area contributed by atoms with E-state index in [0.717, 1.165) is 11.0 Å². The predicted octanol–water partition coefficient (Wildman–Crippen LogP) is 2.98. The van der Waals surface area contributed by atoms with E-state index in [1.54, 1.807) is 24.3 Å². The van der Waals surface area contributed by atoms with Gasteiger partial charge in [-0.2, -0.15) is 0 Å². The van der Waals surface area contributed by atoms with E-state index in [2.05, 4.69) is 9.97 Å². The number of aromatic nitrogens is 2. The van der Waals surface area contributed by atoms with Gasteiger partial charge >= 0.3 is 0 Å². The molecule has 2 aromatic carbocycles. The number of benzene rings is 2. The maximum Gasteiger partial charge on any atom is 0.142 e. The number of H-pyrrole nitrogens is 1. The van der Waals surface area contributed by atoms with Crippen LogP contribution in [0.15, 0.2) is 48.5 Å². The molecule has 2 atom stereocenters. The molecule has 0 spiro atoms. The minimum atomic E-state index is -1.12. The summed E-state index contributed by atoms with van der Waals surface area (Å²) < 4.78 is 0. The molecule has 0 saturated carbocycles. The molecule has 0 unspecified atom stereocenters. The van der Waals surface area contributed by atoms with Crippen molar-refractivity contribution in [3.05, 3.63) is 64.9 Å². The number of aromatic amines is 1. The number of aliphatic hydroxyl groups excluding tert-OH is 2. The van der Waals surface area contributed by atoms with Crippen LogP contribution in [0.2, 0.25) is 5.02 Å². The van der Waals surface area contributed by atoms with E-state index in [1.807, 2.05) is 24.3 Å². The zero-order valence-corrected chi connectivity index (χ0v) is 11.2. The predicted molar refractivity (Wildman–Crippen MR) is 77.5 cm³/mol. The number of nitrogens with zero attached hydrogens (tertiary/aromatic N) is 1. The van der Waals surface area contributed by atoms with Gasteiger partial charge in [0, 0.05) is 5.02 Å². The van der Waals surface area contributed by atoms with Gasteiger partial charge in [0.1, 0.15) is 18.0 Å². The summed E-state index contributed by atoms with van der Waals surface area (Å²) >= 11 is 5.80. The number of imidazole rings is 1. The highest BCUT2D eigenvalue weighted by Crippen LogP contribution is 2.28. The van der Waals surface area contributed by atoms with E-state index in [0.29, 0.717) is 16.4 Å². The molecule has 3 aromatic rings. The van der Waals surface area contributed by atoms with Crippen LogP contribution in [0.1, 0.15) is 23.6 Å². The lowest BCUT2D eigenvalue weighted by atomic mass is 10.0. The first kappa shape index (κ1) is 13.1. The van der Waals surface area contributed by atoms with Gasteiger partial charge in [0.2, 0.25) is 0 Å². The second kappa shape index (κ2) is 5.25. The second-order valence-corrected chi connectivity index (χ2v) is 5.02. The van der Waals surface area contributed by atoms with Gasteiger partial charge in [-0.15, -0.1) is 0 Å². The number of hydrogen-bond acceptors (Lipinski definition) is 3. The van der Waals surface area contributed by atoms with Gasteiger partial charge in [0.25, 0.3) is 0 Å². The van der Waals surface area contributed by atoms with E-state index in [9.17, 15) is 10.2 Å². The molecule has 0 aliphatic carbocycles. The average Bonchev–Trinajstić information content (AvgIpc) is 2.90. The number of aliphatic hydroxyl groups is 2. The maximum atomic E-state index is 10.2. The fourth-order valence-electron chi connectivity index (χ4n) is 2.10. The Morgan fingerprint density at radius 3 is 2.35 bits per heavy atom. The van der Waals surface area contributed by atoms with Crippen LogP contribution in [0, 0.1) is 0 Å². The lowest BCUT2D eigenvalue weighted by molar-refractivity contribution is 0.0125. The second-order valence-electron chi connectivity index (χ2n) is 4.58. The summed E-state index contributed by atoms with van der Waals surface area (Å²) in [5, 5.41) is 21.0. The third-order valence-electron chi connectivity index (χ3n) is 3.20. The molecule has 20 heavy (non-hydrogen) atoms. The highest BCUT2D eigenvalue weighted by Gasteiger charge is 2.23. The normalized spacial score (nSPS) is 14.3. The standard InChI is InChI=1S/C15H13ClN2O2/c16-10-7-5-9(6-8-10)13(19)14(20)15-17-11-3-1-2-4-12(11)18-15/h1-8,13-14,19-20H,(H,17,18)/t13-,14+/m1/s1. The molecule has 3 rings (SSSR count). The van der Waals surface area contributed by atoms with Crippen LogP contribution < -0.4 is 0 Å². The van der Waals surface area contributed by atoms with Crippen molar-refractivity contribution < 1.29 is 10.2 Å². The van der Waals surface area contributed by atoms with Crippen LogP contribution in [-0.2, 0) is 0 Å². The van der Waals surface area contributed by atoms with Gasteiger partial charge < -0.3 is 15.2 Å². The first-order valence-corrected chi connectivity index (χ1v) is 6.59. The van der Waals surface area contributed by atoms with E-state index in [4.69, 9.17) is 11.6 Å². The highest BCUT2D eigenvalue weighted by atomic mass is 35.5. The molecule has 102 valence electrons. The first-order valence-electron chi connectivity index (χ1n) is 6.21. The Labute approximate surface area is 120 Å². The molecule has 0 saturated heterocycles. The summed E-state index contributed by atoms with van der Waals surface area (Å²) in [7, 11) is 0. The zero-order valence-electron chi connectivity index (χ0n) is 10.5. The van der Waals surface area contributed by atoms with Crippen LogP contribution in [0.4, 0.5) is 0 Å². The van der Waals surface area contributed by atoms with Crippen molar-refractivity contribution in [3.8, 4) is 0 Å². The molecular formula is C15H13ClN2O2. The summed E-state index contributed by atoms with van der Waals surface area (Å²) in [4.78, 5) is 7.30. The molecule has 0 fully saturated rings. The smallest absolute Gasteiger partial charge is 0.142 e. The van der Waals surface area contributed by atoms with Gasteiger partial charge in [0.05, 0.1) is 11.0 Å². The summed E-state index contributed by atoms with van der Waals surface area (Å²) in [5.41, 5.74) is 2.16. The Morgan fingerprint density at radius 1 is 0.950 bits per heavy atom. The van der Waals surface area contributed by atoms with Crippen LogP contribution >= 0.6 is 11.6 Å². The molecule has 4 nitrogen and oxygen atoms in total. The van der Waals surface area contributed by atoms with Crippen LogP contribution in [-0.4, -0.2) is 20.2 Å². The van der Waals surface area contributed by atoms with E-state index >= 15 is 0 Å². The van der Waals surface area contributed by atoms with Crippen LogP contribution in [0.25, 0.3) is 11.0 Å². The number of fused-ring (bicyclic) bond motifs is 1. The largest absolute Gasteiger partial charge is 0.385 e. The fourth-order valence-corrected chi connectivity index (χ4v) is 2.23. The third-order valence-corrected chi connectivity index (χ3v) is 3.45. The van der Waals surface area contributed by atoms with Crippen molar-refractivity contribution in [3.63, 3.8) is 0 Å². The molecule has 1 heterocycles. The maximum absolute atomic E-state index is 10.2. The Balaban J connectivity index is 1.90. The molecule has 0 aliphatic rings. The number of rotatable bonds is 3. The quantitative estimate of drug-likeness (QED) is 0.694. The first-order chi connectivity index (χ1) is 9.65. The monoisotopic (exact) mass is 288 g/mol. The number of nitrogens with one attached hydrogen (secondary N) is 1. The van der Waals surface area contributed by atoms with Crippen molar-refractivity contribution in [1.29, 1.82) is 0 Å². The fraction of sp³-hybridized carbons (Fsp3) is 0.133. The molecule has 0 aliphatic heterocycles. The molecule has 0 bridgehead atoms. The van der Waals surface area contributed by atoms with Crippen molar-refractivity contribution in [2.75, 3.05) is 0 Å². The van der Waals surface area contributed by atoms with Crippen molar-refractivity contribution in [2.24, 2.45) is 0 Å². The van der Waals surface area contributed by atoms with E-state index < -0.39 is 12.2 Å². The molecule has 3 N–H and O–H groups in total.